The van der Waals surface area contributed by atoms with Crippen LogP contribution in [0.15, 0.2) is 48.7 Å². The first-order chi connectivity index (χ1) is 19.8. The Balaban J connectivity index is 0.000000384. The van der Waals surface area contributed by atoms with Gasteiger partial charge in [-0.25, -0.2) is 23.4 Å². The molecule has 1 amide bonds. The number of pyridine rings is 1. The molecule has 4 rings (SSSR count). The van der Waals surface area contributed by atoms with Crippen molar-refractivity contribution in [3.05, 3.63) is 70.8 Å². The summed E-state index contributed by atoms with van der Waals surface area (Å²) in [5.41, 5.74) is 1.82. The van der Waals surface area contributed by atoms with E-state index in [1.165, 1.54) is 0 Å². The van der Waals surface area contributed by atoms with Crippen LogP contribution in [-0.2, 0) is 22.7 Å². The van der Waals surface area contributed by atoms with Crippen LogP contribution in [0, 0.1) is 0 Å². The number of rotatable bonds is 5. The van der Waals surface area contributed by atoms with Gasteiger partial charge >= 0.3 is 24.3 Å². The standard InChI is InChI=1S/C21H21ClF2N4O.2C2HF3O2/c22-16-6-2-1-5-15(16)13-25-20(29)19-17-7-3-4-10-28(17)18(26-19)14-27-11-8-21(23,24)9-12-27;2*3-2(4,5)1(6)7/h1-7,10H,8-9,11-14H2,(H,25,29);2*(H,6,7). The fraction of sp³-hybridized carbons (Fsp3) is 0.360. The van der Waals surface area contributed by atoms with Crippen LogP contribution in [0.3, 0.4) is 0 Å². The van der Waals surface area contributed by atoms with Crippen molar-refractivity contribution in [2.75, 3.05) is 13.1 Å². The average molecular weight is 647 g/mol. The Morgan fingerprint density at radius 1 is 0.907 bits per heavy atom. The molecule has 1 saturated heterocycles. The van der Waals surface area contributed by atoms with Crippen molar-refractivity contribution in [3.63, 3.8) is 0 Å². The van der Waals surface area contributed by atoms with E-state index in [-0.39, 0.29) is 18.7 Å². The Hall–Kier alpha value is -3.99. The highest BCUT2D eigenvalue weighted by Crippen LogP contribution is 2.28. The SMILES string of the molecule is O=C(NCc1ccccc1Cl)c1nc(CN2CCC(F)(F)CC2)n2ccccc12.O=C(O)C(F)(F)F.O=C(O)C(F)(F)F. The van der Waals surface area contributed by atoms with Crippen LogP contribution in [0.4, 0.5) is 35.1 Å². The molecule has 1 aliphatic heterocycles. The molecule has 3 heterocycles. The number of imidazole rings is 1. The van der Waals surface area contributed by atoms with Gasteiger partial charge in [0.2, 0.25) is 0 Å². The molecular formula is C25H23ClF8N4O5. The number of carbonyl (C=O) groups excluding carboxylic acids is 1. The number of halogens is 9. The Morgan fingerprint density at radius 2 is 1.42 bits per heavy atom. The third-order valence-electron chi connectivity index (χ3n) is 5.67. The number of likely N-dealkylation sites (tertiary alicyclic amines) is 1. The second-order valence-electron chi connectivity index (χ2n) is 8.84. The second kappa shape index (κ2) is 14.5. The maximum absolute atomic E-state index is 13.4. The lowest BCUT2D eigenvalue weighted by atomic mass is 10.1. The van der Waals surface area contributed by atoms with Crippen molar-refractivity contribution >= 4 is 35.0 Å². The second-order valence-corrected chi connectivity index (χ2v) is 9.25. The molecule has 3 aromatic rings. The molecule has 0 spiro atoms. The minimum Gasteiger partial charge on any atom is -0.475 e. The van der Waals surface area contributed by atoms with Crippen molar-refractivity contribution in [2.45, 2.75) is 44.2 Å². The topological polar surface area (TPSA) is 124 Å². The molecule has 0 bridgehead atoms. The van der Waals surface area contributed by atoms with Crippen LogP contribution in [0.1, 0.15) is 34.7 Å². The molecule has 0 radical (unpaired) electrons. The van der Waals surface area contributed by atoms with Crippen LogP contribution in [0.2, 0.25) is 5.02 Å². The number of hydrogen-bond acceptors (Lipinski definition) is 5. The highest BCUT2D eigenvalue weighted by Gasteiger charge is 2.39. The van der Waals surface area contributed by atoms with Gasteiger partial charge < -0.3 is 19.9 Å². The average Bonchev–Trinajstić information content (AvgIpc) is 3.27. The number of carbonyl (C=O) groups is 3. The maximum atomic E-state index is 13.4. The quantitative estimate of drug-likeness (QED) is 0.317. The summed E-state index contributed by atoms with van der Waals surface area (Å²) in [6.07, 6.45) is -8.63. The fourth-order valence-corrected chi connectivity index (χ4v) is 3.72. The molecule has 43 heavy (non-hydrogen) atoms. The summed E-state index contributed by atoms with van der Waals surface area (Å²) < 4.78 is 92.2. The normalized spacial score (nSPS) is 15.0. The zero-order valence-corrected chi connectivity index (χ0v) is 22.5. The summed E-state index contributed by atoms with van der Waals surface area (Å²) in [5.74, 6) is -7.74. The summed E-state index contributed by atoms with van der Waals surface area (Å²) in [6, 6.07) is 12.8. The number of carboxylic acid groups (broad SMARTS) is 2. The van der Waals surface area contributed by atoms with Gasteiger partial charge in [-0.15, -0.1) is 0 Å². The molecule has 1 aliphatic rings. The van der Waals surface area contributed by atoms with Gasteiger partial charge in [-0.3, -0.25) is 9.69 Å². The van der Waals surface area contributed by atoms with E-state index in [4.69, 9.17) is 31.4 Å². The number of nitrogens with one attached hydrogen (secondary N) is 1. The number of hydrogen-bond donors (Lipinski definition) is 3. The molecule has 3 N–H and O–H groups in total. The van der Waals surface area contributed by atoms with Gasteiger partial charge in [0.1, 0.15) is 5.82 Å². The third-order valence-corrected chi connectivity index (χ3v) is 6.04. The lowest BCUT2D eigenvalue weighted by molar-refractivity contribution is -0.193. The van der Waals surface area contributed by atoms with Gasteiger partial charge in [-0.2, -0.15) is 26.3 Å². The molecular weight excluding hydrogens is 624 g/mol. The highest BCUT2D eigenvalue weighted by atomic mass is 35.5. The van der Waals surface area contributed by atoms with E-state index in [9.17, 15) is 39.9 Å². The molecule has 1 aromatic carbocycles. The van der Waals surface area contributed by atoms with Gasteiger partial charge in [0.05, 0.1) is 12.1 Å². The molecule has 9 nitrogen and oxygen atoms in total. The Bertz CT molecular complexity index is 1390. The zero-order chi connectivity index (χ0) is 32.6. The zero-order valence-electron chi connectivity index (χ0n) is 21.7. The summed E-state index contributed by atoms with van der Waals surface area (Å²) in [5, 5.41) is 17.7. The first-order valence-corrected chi connectivity index (χ1v) is 12.4. The van der Waals surface area contributed by atoms with Gasteiger partial charge in [0.15, 0.2) is 5.69 Å². The minimum atomic E-state index is -5.08. The van der Waals surface area contributed by atoms with E-state index in [1.807, 2.05) is 51.9 Å². The Morgan fingerprint density at radius 3 is 1.93 bits per heavy atom. The number of alkyl halides is 8. The number of fused-ring (bicyclic) bond motifs is 1. The molecule has 0 aliphatic carbocycles. The van der Waals surface area contributed by atoms with E-state index in [0.717, 1.165) is 5.56 Å². The highest BCUT2D eigenvalue weighted by molar-refractivity contribution is 6.31. The van der Waals surface area contributed by atoms with Gasteiger partial charge in [-0.05, 0) is 23.8 Å². The number of aliphatic carboxylic acids is 2. The number of nitrogens with zero attached hydrogens (tertiary/aromatic N) is 3. The molecule has 2 aromatic heterocycles. The molecule has 0 unspecified atom stereocenters. The number of amides is 1. The van der Waals surface area contributed by atoms with Crippen LogP contribution in [0.5, 0.6) is 0 Å². The van der Waals surface area contributed by atoms with Crippen molar-refractivity contribution < 1.29 is 59.7 Å². The first kappa shape index (κ1) is 35.2. The summed E-state index contributed by atoms with van der Waals surface area (Å²) in [6.45, 7) is 1.32. The largest absolute Gasteiger partial charge is 0.490 e. The van der Waals surface area contributed by atoms with Crippen LogP contribution in [-0.4, -0.2) is 73.7 Å². The Labute approximate surface area is 242 Å². The van der Waals surface area contributed by atoms with Gasteiger partial charge in [0.25, 0.3) is 11.8 Å². The van der Waals surface area contributed by atoms with Crippen LogP contribution >= 0.6 is 11.6 Å². The number of piperidine rings is 1. The first-order valence-electron chi connectivity index (χ1n) is 12.0. The fourth-order valence-electron chi connectivity index (χ4n) is 3.52. The molecule has 18 heteroatoms. The van der Waals surface area contributed by atoms with E-state index in [0.29, 0.717) is 48.2 Å². The Kier molecular flexibility index (Phi) is 11.8. The molecule has 236 valence electrons. The van der Waals surface area contributed by atoms with Gasteiger partial charge in [0, 0.05) is 43.7 Å². The monoisotopic (exact) mass is 646 g/mol. The predicted octanol–water partition coefficient (Wildman–Crippen LogP) is 5.42. The van der Waals surface area contributed by atoms with Crippen molar-refractivity contribution in [1.29, 1.82) is 0 Å². The smallest absolute Gasteiger partial charge is 0.475 e. The van der Waals surface area contributed by atoms with E-state index < -0.39 is 30.2 Å². The number of aromatic nitrogens is 2. The molecule has 0 saturated carbocycles. The maximum Gasteiger partial charge on any atom is 0.490 e. The number of benzene rings is 1. The third kappa shape index (κ3) is 11.0. The molecule has 1 fully saturated rings. The van der Waals surface area contributed by atoms with E-state index in [1.54, 1.807) is 6.07 Å². The minimum absolute atomic E-state index is 0.151. The van der Waals surface area contributed by atoms with Gasteiger partial charge in [-0.1, -0.05) is 35.9 Å². The summed E-state index contributed by atoms with van der Waals surface area (Å²) in [7, 11) is 0. The molecule has 0 atom stereocenters. The summed E-state index contributed by atoms with van der Waals surface area (Å²) in [4.78, 5) is 37.1. The van der Waals surface area contributed by atoms with Crippen LogP contribution < -0.4 is 5.32 Å². The van der Waals surface area contributed by atoms with E-state index >= 15 is 0 Å². The van der Waals surface area contributed by atoms with Crippen molar-refractivity contribution in [1.82, 2.24) is 19.6 Å². The lowest BCUT2D eigenvalue weighted by Crippen LogP contribution is -2.39. The van der Waals surface area contributed by atoms with E-state index in [2.05, 4.69) is 10.3 Å². The van der Waals surface area contributed by atoms with Crippen molar-refractivity contribution in [2.24, 2.45) is 0 Å². The summed E-state index contributed by atoms with van der Waals surface area (Å²) >= 11 is 6.15. The van der Waals surface area contributed by atoms with Crippen molar-refractivity contribution in [3.8, 4) is 0 Å². The predicted molar refractivity (Wildman–Crippen MR) is 135 cm³/mol. The number of carboxylic acids is 2. The lowest BCUT2D eigenvalue weighted by Gasteiger charge is -2.31. The van der Waals surface area contributed by atoms with Crippen LogP contribution in [0.25, 0.3) is 5.52 Å².